The van der Waals surface area contributed by atoms with Crippen LogP contribution in [0.25, 0.3) is 0 Å². The molecular formula is C10H12Cl2IN3S. The van der Waals surface area contributed by atoms with Crippen LogP contribution < -0.4 is 0 Å². The summed E-state index contributed by atoms with van der Waals surface area (Å²) in [6.45, 7) is 2.24. The van der Waals surface area contributed by atoms with Crippen LogP contribution in [0.15, 0.2) is 11.2 Å². The highest BCUT2D eigenvalue weighted by Crippen LogP contribution is 2.26. The lowest BCUT2D eigenvalue weighted by Gasteiger charge is -2.12. The predicted molar refractivity (Wildman–Crippen MR) is 86.3 cm³/mol. The molecule has 94 valence electrons. The van der Waals surface area contributed by atoms with E-state index in [0.717, 1.165) is 17.4 Å². The number of aliphatic imine (C=N–C) groups is 1. The highest BCUT2D eigenvalue weighted by molar-refractivity contribution is 14.2. The van der Waals surface area contributed by atoms with Crippen molar-refractivity contribution in [3.8, 4) is 0 Å². The number of alkyl halides is 3. The molecule has 2 heterocycles. The van der Waals surface area contributed by atoms with Crippen LogP contribution in [0.4, 0.5) is 0 Å². The van der Waals surface area contributed by atoms with Gasteiger partial charge in [-0.3, -0.25) is 4.57 Å². The normalized spacial score (nSPS) is 20.3. The zero-order chi connectivity index (χ0) is 12.4. The van der Waals surface area contributed by atoms with Crippen LogP contribution in [0.1, 0.15) is 23.3 Å². The Morgan fingerprint density at radius 3 is 3.00 bits per heavy atom. The van der Waals surface area contributed by atoms with Crippen LogP contribution in [0.2, 0.25) is 0 Å². The summed E-state index contributed by atoms with van der Waals surface area (Å²) in [4.78, 5) is 8.44. The number of imidazole rings is 1. The summed E-state index contributed by atoms with van der Waals surface area (Å²) in [7, 11) is 0. The van der Waals surface area contributed by atoms with Crippen molar-refractivity contribution in [2.24, 2.45) is 4.99 Å². The van der Waals surface area contributed by atoms with Crippen molar-refractivity contribution in [2.45, 2.75) is 22.1 Å². The van der Waals surface area contributed by atoms with Gasteiger partial charge in [0.1, 0.15) is 5.82 Å². The summed E-state index contributed by atoms with van der Waals surface area (Å²) in [5, 5.41) is 0.944. The second-order valence-corrected chi connectivity index (χ2v) is 8.85. The Labute approximate surface area is 125 Å². The molecule has 1 atom stereocenters. The third kappa shape index (κ3) is 3.24. The summed E-state index contributed by atoms with van der Waals surface area (Å²) in [6, 6.07) is 0. The molecule has 0 amide bonds. The van der Waals surface area contributed by atoms with Crippen molar-refractivity contribution >= 4 is 65.0 Å². The Kier molecular flexibility index (Phi) is 4.91. The molecule has 1 aromatic rings. The molecule has 0 aliphatic carbocycles. The molecule has 0 spiro atoms. The molecule has 1 aromatic heterocycles. The summed E-state index contributed by atoms with van der Waals surface area (Å²) in [5.41, 5.74) is 0.706. The van der Waals surface area contributed by atoms with E-state index in [0.29, 0.717) is 9.62 Å². The molecule has 0 saturated heterocycles. The average molecular weight is 404 g/mol. The van der Waals surface area contributed by atoms with E-state index in [1.165, 1.54) is 0 Å². The molecule has 0 bridgehead atoms. The number of thioether (sulfide) groups is 1. The number of nitrogens with zero attached hydrogens (tertiary/aromatic N) is 3. The van der Waals surface area contributed by atoms with Crippen LogP contribution in [-0.2, 0) is 6.42 Å². The monoisotopic (exact) mass is 403 g/mol. The van der Waals surface area contributed by atoms with Gasteiger partial charge in [0.05, 0.1) is 9.83 Å². The minimum atomic E-state index is -0.576. The Morgan fingerprint density at radius 2 is 2.35 bits per heavy atom. The summed E-state index contributed by atoms with van der Waals surface area (Å²) in [6.07, 6.45) is 4.86. The van der Waals surface area contributed by atoms with E-state index in [2.05, 4.69) is 21.0 Å². The molecule has 17 heavy (non-hydrogen) atoms. The van der Waals surface area contributed by atoms with Gasteiger partial charge in [-0.15, -0.1) is 0 Å². The smallest absolute Gasteiger partial charge is 0.173 e. The zero-order valence-electron chi connectivity index (χ0n) is 9.40. The van der Waals surface area contributed by atoms with Crippen molar-refractivity contribution in [1.29, 1.82) is 0 Å². The Hall–Kier alpha value is 0.410. The number of aromatic nitrogens is 2. The standard InChI is InChI=1S/C10H12Cl2IN3S/c1-6-3-8-15-7(9(11)12)4-16(8)10(17-2)14-5-13-6/h4-6,9H,3H2,1-2H3. The highest BCUT2D eigenvalue weighted by Gasteiger charge is 2.18. The largest absolute Gasteiger partial charge is 0.282 e. The van der Waals surface area contributed by atoms with E-state index in [-0.39, 0.29) is 20.7 Å². The SMILES string of the molecule is CSC1=NC=IC(C)Cc2nc(C(Cl)Cl)cn21. The topological polar surface area (TPSA) is 30.2 Å². The molecule has 0 N–H and O–H groups in total. The number of halogens is 3. The summed E-state index contributed by atoms with van der Waals surface area (Å²) < 4.78 is 4.73. The van der Waals surface area contributed by atoms with Gasteiger partial charge in [0.2, 0.25) is 0 Å². The predicted octanol–water partition coefficient (Wildman–Crippen LogP) is 3.60. The summed E-state index contributed by atoms with van der Waals surface area (Å²) >= 11 is 13.4. The average Bonchev–Trinajstić information content (AvgIpc) is 2.65. The first-order chi connectivity index (χ1) is 8.11. The fraction of sp³-hybridized carbons (Fsp3) is 0.500. The van der Waals surface area contributed by atoms with Crippen LogP contribution in [0.5, 0.6) is 0 Å². The van der Waals surface area contributed by atoms with Gasteiger partial charge in [-0.2, -0.15) is 0 Å². The number of rotatable bonds is 1. The van der Waals surface area contributed by atoms with Crippen molar-refractivity contribution < 1.29 is 0 Å². The van der Waals surface area contributed by atoms with Crippen molar-refractivity contribution in [3.05, 3.63) is 17.7 Å². The molecule has 1 aliphatic rings. The van der Waals surface area contributed by atoms with Gasteiger partial charge >= 0.3 is 0 Å². The van der Waals surface area contributed by atoms with E-state index in [4.69, 9.17) is 23.2 Å². The molecule has 0 radical (unpaired) electrons. The van der Waals surface area contributed by atoms with Gasteiger partial charge < -0.3 is 0 Å². The molecule has 7 heteroatoms. The number of fused-ring (bicyclic) bond motifs is 1. The molecule has 1 unspecified atom stereocenters. The molecule has 1 aliphatic heterocycles. The molecular weight excluding hydrogens is 392 g/mol. The first-order valence-corrected chi connectivity index (χ1v) is 9.63. The van der Waals surface area contributed by atoms with Gasteiger partial charge in [0.25, 0.3) is 0 Å². The first kappa shape index (κ1) is 13.8. The van der Waals surface area contributed by atoms with Crippen LogP contribution >= 0.6 is 55.7 Å². The lowest BCUT2D eigenvalue weighted by Crippen LogP contribution is -2.15. The van der Waals surface area contributed by atoms with Gasteiger partial charge in [-0.05, 0) is 6.26 Å². The van der Waals surface area contributed by atoms with Crippen LogP contribution in [-0.4, -0.2) is 29.0 Å². The fourth-order valence-electron chi connectivity index (χ4n) is 1.53. The van der Waals surface area contributed by atoms with Gasteiger partial charge in [0.15, 0.2) is 10.0 Å². The number of hydrogen-bond donors (Lipinski definition) is 0. The molecule has 0 saturated carbocycles. The number of hydrogen-bond acceptors (Lipinski definition) is 3. The molecule has 0 fully saturated rings. The van der Waals surface area contributed by atoms with E-state index in [1.807, 2.05) is 17.0 Å². The van der Waals surface area contributed by atoms with Crippen molar-refractivity contribution in [1.82, 2.24) is 9.55 Å². The second kappa shape index (κ2) is 6.04. The zero-order valence-corrected chi connectivity index (χ0v) is 13.9. The molecule has 2 rings (SSSR count). The van der Waals surface area contributed by atoms with E-state index >= 15 is 0 Å². The van der Waals surface area contributed by atoms with Gasteiger partial charge in [-0.25, -0.2) is 9.98 Å². The second-order valence-electron chi connectivity index (χ2n) is 3.58. The maximum atomic E-state index is 5.87. The van der Waals surface area contributed by atoms with E-state index in [1.54, 1.807) is 11.8 Å². The van der Waals surface area contributed by atoms with Gasteiger partial charge in [0, 0.05) is 16.5 Å². The lowest BCUT2D eigenvalue weighted by molar-refractivity contribution is 0.859. The Bertz CT molecular complexity index is 470. The van der Waals surface area contributed by atoms with Crippen molar-refractivity contribution in [2.75, 3.05) is 6.26 Å². The minimum absolute atomic E-state index is 0.00419. The third-order valence-electron chi connectivity index (χ3n) is 2.30. The van der Waals surface area contributed by atoms with Gasteiger partial charge in [-0.1, -0.05) is 62.6 Å². The maximum Gasteiger partial charge on any atom is 0.173 e. The third-order valence-corrected chi connectivity index (χ3v) is 5.69. The quantitative estimate of drug-likeness (QED) is 0.529. The van der Waals surface area contributed by atoms with E-state index in [9.17, 15) is 0 Å². The Balaban J connectivity index is 2.48. The van der Waals surface area contributed by atoms with Crippen LogP contribution in [0.3, 0.4) is 0 Å². The fourth-order valence-corrected chi connectivity index (χ4v) is 4.06. The molecule has 0 aromatic carbocycles. The Morgan fingerprint density at radius 1 is 1.59 bits per heavy atom. The minimum Gasteiger partial charge on any atom is -0.282 e. The van der Waals surface area contributed by atoms with Crippen molar-refractivity contribution in [3.63, 3.8) is 0 Å². The van der Waals surface area contributed by atoms with E-state index < -0.39 is 4.84 Å². The molecule has 3 nitrogen and oxygen atoms in total. The van der Waals surface area contributed by atoms with Crippen LogP contribution in [0, 0.1) is 0 Å². The highest BCUT2D eigenvalue weighted by atomic mass is 127. The maximum absolute atomic E-state index is 5.87. The first-order valence-electron chi connectivity index (χ1n) is 5.04. The lowest BCUT2D eigenvalue weighted by atomic mass is 10.3. The summed E-state index contributed by atoms with van der Waals surface area (Å²) in [5.74, 6) is 1.01.